The first-order chi connectivity index (χ1) is 11.7. The SMILES string of the molecule is CC(C)CC(O)CNC(=O)c1cc(C(C)C)nc2c1cnn2C(C)C. The molecule has 0 fully saturated rings. The van der Waals surface area contributed by atoms with E-state index in [2.05, 4.69) is 24.3 Å². The Morgan fingerprint density at radius 1 is 1.24 bits per heavy atom. The van der Waals surface area contributed by atoms with E-state index in [9.17, 15) is 9.90 Å². The fourth-order valence-corrected chi connectivity index (χ4v) is 2.83. The summed E-state index contributed by atoms with van der Waals surface area (Å²) in [5, 5.41) is 18.0. The zero-order valence-electron chi connectivity index (χ0n) is 16.1. The Bertz CT molecular complexity index is 734. The lowest BCUT2D eigenvalue weighted by Gasteiger charge is -2.15. The number of nitrogens with zero attached hydrogens (tertiary/aromatic N) is 3. The number of carbonyl (C=O) groups is 1. The predicted molar refractivity (Wildman–Crippen MR) is 99.8 cm³/mol. The van der Waals surface area contributed by atoms with Gasteiger partial charge < -0.3 is 10.4 Å². The molecular formula is C19H30N4O2. The molecule has 0 aliphatic carbocycles. The van der Waals surface area contributed by atoms with Crippen LogP contribution in [0.25, 0.3) is 11.0 Å². The topological polar surface area (TPSA) is 80.0 Å². The van der Waals surface area contributed by atoms with Crippen LogP contribution in [0.4, 0.5) is 0 Å². The van der Waals surface area contributed by atoms with Crippen molar-refractivity contribution in [3.05, 3.63) is 23.5 Å². The summed E-state index contributed by atoms with van der Waals surface area (Å²) in [6.45, 7) is 12.5. The number of aliphatic hydroxyl groups excluding tert-OH is 1. The van der Waals surface area contributed by atoms with Crippen molar-refractivity contribution in [3.8, 4) is 0 Å². The van der Waals surface area contributed by atoms with Crippen LogP contribution in [-0.2, 0) is 0 Å². The zero-order chi connectivity index (χ0) is 18.7. The van der Waals surface area contributed by atoms with Crippen LogP contribution in [-0.4, -0.2) is 38.4 Å². The van der Waals surface area contributed by atoms with Gasteiger partial charge in [0, 0.05) is 18.3 Å². The van der Waals surface area contributed by atoms with Gasteiger partial charge in [-0.25, -0.2) is 9.67 Å². The van der Waals surface area contributed by atoms with Crippen molar-refractivity contribution in [2.45, 2.75) is 66.0 Å². The van der Waals surface area contributed by atoms with E-state index < -0.39 is 6.10 Å². The molecule has 138 valence electrons. The Morgan fingerprint density at radius 3 is 2.48 bits per heavy atom. The molecule has 0 saturated heterocycles. The van der Waals surface area contributed by atoms with Crippen LogP contribution in [0.2, 0.25) is 0 Å². The number of aromatic nitrogens is 3. The number of rotatable bonds is 7. The van der Waals surface area contributed by atoms with E-state index in [1.54, 1.807) is 6.20 Å². The van der Waals surface area contributed by atoms with E-state index in [0.717, 1.165) is 16.7 Å². The van der Waals surface area contributed by atoms with Gasteiger partial charge in [-0.05, 0) is 38.2 Å². The molecule has 0 bridgehead atoms. The summed E-state index contributed by atoms with van der Waals surface area (Å²) in [7, 11) is 0. The number of hydrogen-bond acceptors (Lipinski definition) is 4. The van der Waals surface area contributed by atoms with Crippen molar-refractivity contribution in [2.24, 2.45) is 5.92 Å². The lowest BCUT2D eigenvalue weighted by molar-refractivity contribution is 0.0901. The highest BCUT2D eigenvalue weighted by atomic mass is 16.3. The van der Waals surface area contributed by atoms with Gasteiger partial charge in [0.25, 0.3) is 5.91 Å². The van der Waals surface area contributed by atoms with E-state index in [-0.39, 0.29) is 24.4 Å². The van der Waals surface area contributed by atoms with Crippen molar-refractivity contribution in [1.82, 2.24) is 20.1 Å². The van der Waals surface area contributed by atoms with Gasteiger partial charge in [0.2, 0.25) is 0 Å². The molecule has 0 radical (unpaired) electrons. The molecule has 0 spiro atoms. The smallest absolute Gasteiger partial charge is 0.252 e. The van der Waals surface area contributed by atoms with Gasteiger partial charge in [0.1, 0.15) is 0 Å². The molecule has 2 N–H and O–H groups in total. The summed E-state index contributed by atoms with van der Waals surface area (Å²) in [4.78, 5) is 17.4. The molecular weight excluding hydrogens is 316 g/mol. The third kappa shape index (κ3) is 4.57. The van der Waals surface area contributed by atoms with Crippen molar-refractivity contribution in [2.75, 3.05) is 6.54 Å². The van der Waals surface area contributed by atoms with Crippen LogP contribution in [0, 0.1) is 5.92 Å². The largest absolute Gasteiger partial charge is 0.391 e. The maximum absolute atomic E-state index is 12.7. The molecule has 0 saturated carbocycles. The second kappa shape index (κ2) is 7.95. The summed E-state index contributed by atoms with van der Waals surface area (Å²) in [6.07, 6.45) is 1.82. The molecule has 25 heavy (non-hydrogen) atoms. The lowest BCUT2D eigenvalue weighted by atomic mass is 10.0. The third-order valence-electron chi connectivity index (χ3n) is 4.15. The fourth-order valence-electron chi connectivity index (χ4n) is 2.83. The first-order valence-corrected chi connectivity index (χ1v) is 9.05. The van der Waals surface area contributed by atoms with Crippen LogP contribution in [0.15, 0.2) is 12.3 Å². The van der Waals surface area contributed by atoms with Crippen LogP contribution in [0.1, 0.15) is 76.0 Å². The second-order valence-corrected chi connectivity index (χ2v) is 7.66. The van der Waals surface area contributed by atoms with Crippen molar-refractivity contribution >= 4 is 16.9 Å². The van der Waals surface area contributed by atoms with E-state index in [0.29, 0.717) is 17.9 Å². The normalized spacial score (nSPS) is 13.2. The molecule has 1 atom stereocenters. The highest BCUT2D eigenvalue weighted by molar-refractivity contribution is 6.05. The van der Waals surface area contributed by atoms with Crippen molar-refractivity contribution < 1.29 is 9.90 Å². The van der Waals surface area contributed by atoms with Gasteiger partial charge in [-0.3, -0.25) is 4.79 Å². The van der Waals surface area contributed by atoms with E-state index >= 15 is 0 Å². The Kier molecular flexibility index (Phi) is 6.16. The number of pyridine rings is 1. The Labute approximate surface area is 149 Å². The molecule has 0 aliphatic rings. The fraction of sp³-hybridized carbons (Fsp3) is 0.632. The summed E-state index contributed by atoms with van der Waals surface area (Å²) in [6, 6.07) is 2.00. The van der Waals surface area contributed by atoms with E-state index in [4.69, 9.17) is 4.98 Å². The average Bonchev–Trinajstić information content (AvgIpc) is 2.94. The number of fused-ring (bicyclic) bond motifs is 1. The first kappa shape index (κ1) is 19.4. The summed E-state index contributed by atoms with van der Waals surface area (Å²) >= 11 is 0. The number of aliphatic hydroxyl groups is 1. The van der Waals surface area contributed by atoms with Gasteiger partial charge in [0.15, 0.2) is 5.65 Å². The molecule has 2 heterocycles. The highest BCUT2D eigenvalue weighted by Crippen LogP contribution is 2.24. The van der Waals surface area contributed by atoms with Gasteiger partial charge in [-0.15, -0.1) is 0 Å². The van der Waals surface area contributed by atoms with Crippen LogP contribution >= 0.6 is 0 Å². The average molecular weight is 346 g/mol. The molecule has 1 unspecified atom stereocenters. The Morgan fingerprint density at radius 2 is 1.92 bits per heavy atom. The quantitative estimate of drug-likeness (QED) is 0.806. The summed E-state index contributed by atoms with van der Waals surface area (Å²) in [5.41, 5.74) is 2.16. The second-order valence-electron chi connectivity index (χ2n) is 7.66. The highest BCUT2D eigenvalue weighted by Gasteiger charge is 2.19. The minimum atomic E-state index is -0.538. The lowest BCUT2D eigenvalue weighted by Crippen LogP contribution is -2.33. The van der Waals surface area contributed by atoms with E-state index in [1.807, 2.05) is 38.4 Å². The number of amides is 1. The monoisotopic (exact) mass is 346 g/mol. The molecule has 0 aliphatic heterocycles. The number of hydrogen-bond donors (Lipinski definition) is 2. The van der Waals surface area contributed by atoms with Crippen molar-refractivity contribution in [3.63, 3.8) is 0 Å². The van der Waals surface area contributed by atoms with Crippen LogP contribution in [0.3, 0.4) is 0 Å². The molecule has 0 aromatic carbocycles. The summed E-state index contributed by atoms with van der Waals surface area (Å²) < 4.78 is 1.84. The van der Waals surface area contributed by atoms with Gasteiger partial charge in [-0.1, -0.05) is 27.7 Å². The predicted octanol–water partition coefficient (Wildman–Crippen LogP) is 3.27. The minimum Gasteiger partial charge on any atom is -0.391 e. The van der Waals surface area contributed by atoms with E-state index in [1.165, 1.54) is 0 Å². The van der Waals surface area contributed by atoms with Gasteiger partial charge >= 0.3 is 0 Å². The van der Waals surface area contributed by atoms with Crippen molar-refractivity contribution in [1.29, 1.82) is 0 Å². The van der Waals surface area contributed by atoms with Crippen LogP contribution < -0.4 is 5.32 Å². The van der Waals surface area contributed by atoms with Crippen LogP contribution in [0.5, 0.6) is 0 Å². The maximum Gasteiger partial charge on any atom is 0.252 e. The third-order valence-corrected chi connectivity index (χ3v) is 4.15. The van der Waals surface area contributed by atoms with Gasteiger partial charge in [0.05, 0.1) is 23.3 Å². The molecule has 2 aromatic heterocycles. The Hall–Kier alpha value is -1.95. The first-order valence-electron chi connectivity index (χ1n) is 9.05. The maximum atomic E-state index is 12.7. The molecule has 6 nitrogen and oxygen atoms in total. The Balaban J connectivity index is 2.34. The molecule has 2 rings (SSSR count). The molecule has 1 amide bonds. The standard InChI is InChI=1S/C19H30N4O2/c1-11(2)7-14(24)9-20-19(25)15-8-17(12(3)4)22-18-16(15)10-21-23(18)13(5)6/h8,10-14,24H,7,9H2,1-6H3,(H,20,25). The van der Waals surface area contributed by atoms with Gasteiger partial charge in [-0.2, -0.15) is 5.10 Å². The number of carbonyl (C=O) groups excluding carboxylic acids is 1. The summed E-state index contributed by atoms with van der Waals surface area (Å²) in [5.74, 6) is 0.398. The zero-order valence-corrected chi connectivity index (χ0v) is 16.1. The number of nitrogens with one attached hydrogen (secondary N) is 1. The minimum absolute atomic E-state index is 0.163. The molecule has 2 aromatic rings. The molecule has 6 heteroatoms.